The largest absolute Gasteiger partial charge is 0.481 e. The van der Waals surface area contributed by atoms with Crippen LogP contribution in [0.15, 0.2) is 18.2 Å². The molecule has 0 saturated heterocycles. The molecule has 0 unspecified atom stereocenters. The first-order chi connectivity index (χ1) is 10.4. The average molecular weight is 306 g/mol. The number of benzene rings is 1. The molecule has 118 valence electrons. The van der Waals surface area contributed by atoms with Crippen molar-refractivity contribution in [3.05, 3.63) is 33.9 Å². The number of carbonyl (C=O) groups is 2. The summed E-state index contributed by atoms with van der Waals surface area (Å²) in [4.78, 5) is 34.0. The average Bonchev–Trinajstić information content (AvgIpc) is 2.49. The molecule has 1 amide bonds. The highest BCUT2D eigenvalue weighted by atomic mass is 16.6. The molecule has 0 aliphatic heterocycles. The van der Waals surface area contributed by atoms with Crippen LogP contribution in [0.3, 0.4) is 0 Å². The van der Waals surface area contributed by atoms with Crippen molar-refractivity contribution >= 4 is 23.3 Å². The van der Waals surface area contributed by atoms with Crippen molar-refractivity contribution < 1.29 is 19.6 Å². The van der Waals surface area contributed by atoms with E-state index < -0.39 is 22.7 Å². The van der Waals surface area contributed by atoms with E-state index in [1.54, 1.807) is 13.0 Å². The predicted octanol–water partition coefficient (Wildman–Crippen LogP) is 2.73. The van der Waals surface area contributed by atoms with Gasteiger partial charge in [-0.15, -0.1) is 0 Å². The van der Waals surface area contributed by atoms with E-state index in [0.29, 0.717) is 24.1 Å². The monoisotopic (exact) mass is 306 g/mol. The van der Waals surface area contributed by atoms with Crippen LogP contribution in [0.1, 0.15) is 31.2 Å². The molecule has 0 radical (unpaired) electrons. The molecule has 0 spiro atoms. The fraction of sp³-hybridized carbons (Fsp3) is 0.467. The van der Waals surface area contributed by atoms with Gasteiger partial charge in [0.1, 0.15) is 0 Å². The van der Waals surface area contributed by atoms with Crippen LogP contribution in [0.5, 0.6) is 0 Å². The summed E-state index contributed by atoms with van der Waals surface area (Å²) in [6, 6.07) is 4.45. The van der Waals surface area contributed by atoms with E-state index >= 15 is 0 Å². The molecule has 22 heavy (non-hydrogen) atoms. The molecule has 2 N–H and O–H groups in total. The zero-order valence-corrected chi connectivity index (χ0v) is 12.2. The highest BCUT2D eigenvalue weighted by molar-refractivity contribution is 5.96. The van der Waals surface area contributed by atoms with E-state index in [0.717, 1.165) is 12.8 Å². The molecule has 1 aromatic rings. The van der Waals surface area contributed by atoms with Crippen LogP contribution in [0.4, 0.5) is 11.4 Å². The third-order valence-electron chi connectivity index (χ3n) is 4.18. The number of carbonyl (C=O) groups excluding carboxylic acids is 1. The lowest BCUT2D eigenvalue weighted by Gasteiger charge is -2.27. The molecule has 2 rings (SSSR count). The lowest BCUT2D eigenvalue weighted by Crippen LogP contribution is -2.36. The van der Waals surface area contributed by atoms with Gasteiger partial charge < -0.3 is 10.4 Å². The SMILES string of the molecule is Cc1c(NC(=O)[C@@H]2CCCC[C@H]2C(=O)O)cccc1[N+](=O)[O-]. The second-order valence-electron chi connectivity index (χ2n) is 5.53. The molecule has 0 aromatic heterocycles. The van der Waals surface area contributed by atoms with Crippen LogP contribution in [0.2, 0.25) is 0 Å². The van der Waals surface area contributed by atoms with Crippen LogP contribution in [-0.4, -0.2) is 21.9 Å². The molecule has 2 atom stereocenters. The van der Waals surface area contributed by atoms with E-state index in [1.165, 1.54) is 12.1 Å². The number of carboxylic acid groups (broad SMARTS) is 1. The van der Waals surface area contributed by atoms with E-state index in [4.69, 9.17) is 0 Å². The second-order valence-corrected chi connectivity index (χ2v) is 5.53. The Morgan fingerprint density at radius 1 is 1.27 bits per heavy atom. The molecule has 1 aliphatic rings. The quantitative estimate of drug-likeness (QED) is 0.656. The Morgan fingerprint density at radius 2 is 1.91 bits per heavy atom. The van der Waals surface area contributed by atoms with Crippen molar-refractivity contribution in [3.63, 3.8) is 0 Å². The second kappa shape index (κ2) is 6.55. The van der Waals surface area contributed by atoms with Gasteiger partial charge in [-0.3, -0.25) is 19.7 Å². The van der Waals surface area contributed by atoms with Crippen molar-refractivity contribution in [1.82, 2.24) is 0 Å². The maximum atomic E-state index is 12.4. The van der Waals surface area contributed by atoms with Gasteiger partial charge in [-0.05, 0) is 25.8 Å². The fourth-order valence-corrected chi connectivity index (χ4v) is 2.92. The van der Waals surface area contributed by atoms with Gasteiger partial charge in [0.15, 0.2) is 0 Å². The Bertz CT molecular complexity index is 614. The predicted molar refractivity (Wildman–Crippen MR) is 79.5 cm³/mol. The maximum Gasteiger partial charge on any atom is 0.307 e. The maximum absolute atomic E-state index is 12.4. The highest BCUT2D eigenvalue weighted by Gasteiger charge is 2.36. The summed E-state index contributed by atoms with van der Waals surface area (Å²) >= 11 is 0. The molecule has 0 bridgehead atoms. The van der Waals surface area contributed by atoms with Gasteiger partial charge in [-0.2, -0.15) is 0 Å². The number of hydrogen-bond acceptors (Lipinski definition) is 4. The van der Waals surface area contributed by atoms with Crippen molar-refractivity contribution in [1.29, 1.82) is 0 Å². The summed E-state index contributed by atoms with van der Waals surface area (Å²) in [5, 5.41) is 22.8. The third kappa shape index (κ3) is 3.24. The van der Waals surface area contributed by atoms with E-state index in [9.17, 15) is 24.8 Å². The first kappa shape index (κ1) is 15.9. The zero-order valence-electron chi connectivity index (χ0n) is 12.2. The number of anilines is 1. The minimum atomic E-state index is -0.962. The van der Waals surface area contributed by atoms with Crippen molar-refractivity contribution in [2.45, 2.75) is 32.6 Å². The van der Waals surface area contributed by atoms with Crippen molar-refractivity contribution in [2.24, 2.45) is 11.8 Å². The number of amides is 1. The Kier molecular flexibility index (Phi) is 4.75. The van der Waals surface area contributed by atoms with Gasteiger partial charge in [0, 0.05) is 6.07 Å². The number of hydrogen-bond donors (Lipinski definition) is 2. The normalized spacial score (nSPS) is 21.1. The highest BCUT2D eigenvalue weighted by Crippen LogP contribution is 2.32. The Morgan fingerprint density at radius 3 is 2.50 bits per heavy atom. The van der Waals surface area contributed by atoms with Gasteiger partial charge in [-0.25, -0.2) is 0 Å². The summed E-state index contributed by atoms with van der Waals surface area (Å²) in [5.74, 6) is -2.62. The smallest absolute Gasteiger partial charge is 0.307 e. The number of nitrogens with one attached hydrogen (secondary N) is 1. The number of nitrogens with zero attached hydrogens (tertiary/aromatic N) is 1. The molecular formula is C15H18N2O5. The molecule has 1 fully saturated rings. The van der Waals surface area contributed by atoms with Crippen LogP contribution in [0.25, 0.3) is 0 Å². The molecule has 1 saturated carbocycles. The van der Waals surface area contributed by atoms with E-state index in [1.807, 2.05) is 0 Å². The van der Waals surface area contributed by atoms with Crippen LogP contribution < -0.4 is 5.32 Å². The fourth-order valence-electron chi connectivity index (χ4n) is 2.92. The summed E-state index contributed by atoms with van der Waals surface area (Å²) in [6.45, 7) is 1.56. The number of aliphatic carboxylic acids is 1. The zero-order chi connectivity index (χ0) is 16.3. The Labute approximate surface area is 127 Å². The van der Waals surface area contributed by atoms with Gasteiger partial charge in [0.25, 0.3) is 5.69 Å². The standard InChI is InChI=1S/C15H18N2O5/c1-9-12(7-4-8-13(9)17(21)22)16-14(18)10-5-2-3-6-11(10)15(19)20/h4,7-8,10-11H,2-3,5-6H2,1H3,(H,16,18)(H,19,20)/t10-,11-/m1/s1. The van der Waals surface area contributed by atoms with Crippen molar-refractivity contribution in [2.75, 3.05) is 5.32 Å². The number of carboxylic acids is 1. The number of rotatable bonds is 4. The van der Waals surface area contributed by atoms with E-state index in [-0.39, 0.29) is 11.6 Å². The molecule has 0 heterocycles. The lowest BCUT2D eigenvalue weighted by atomic mass is 9.78. The Balaban J connectivity index is 2.19. The van der Waals surface area contributed by atoms with Crippen LogP contribution in [0, 0.1) is 28.9 Å². The van der Waals surface area contributed by atoms with Crippen molar-refractivity contribution in [3.8, 4) is 0 Å². The third-order valence-corrected chi connectivity index (χ3v) is 4.18. The molecule has 7 heteroatoms. The van der Waals surface area contributed by atoms with Gasteiger partial charge in [-0.1, -0.05) is 18.9 Å². The van der Waals surface area contributed by atoms with Crippen LogP contribution in [-0.2, 0) is 9.59 Å². The summed E-state index contributed by atoms with van der Waals surface area (Å²) in [6.07, 6.45) is 2.63. The van der Waals surface area contributed by atoms with Crippen LogP contribution >= 0.6 is 0 Å². The first-order valence-corrected chi connectivity index (χ1v) is 7.19. The van der Waals surface area contributed by atoms with Gasteiger partial charge >= 0.3 is 5.97 Å². The molecule has 1 aromatic carbocycles. The Hall–Kier alpha value is -2.44. The summed E-state index contributed by atoms with van der Waals surface area (Å²) in [5.41, 5.74) is 0.647. The van der Waals surface area contributed by atoms with E-state index in [2.05, 4.69) is 5.32 Å². The summed E-state index contributed by atoms with van der Waals surface area (Å²) < 4.78 is 0. The molecule has 7 nitrogen and oxygen atoms in total. The number of nitro groups is 1. The van der Waals surface area contributed by atoms with Gasteiger partial charge in [0.05, 0.1) is 28.0 Å². The minimum absolute atomic E-state index is 0.0729. The topological polar surface area (TPSA) is 110 Å². The lowest BCUT2D eigenvalue weighted by molar-refractivity contribution is -0.385. The summed E-state index contributed by atoms with van der Waals surface area (Å²) in [7, 11) is 0. The molecular weight excluding hydrogens is 288 g/mol. The minimum Gasteiger partial charge on any atom is -0.481 e. The van der Waals surface area contributed by atoms with Gasteiger partial charge in [0.2, 0.25) is 5.91 Å². The first-order valence-electron chi connectivity index (χ1n) is 7.19. The number of nitro benzene ring substituents is 1. The molecule has 1 aliphatic carbocycles.